The maximum absolute atomic E-state index is 14.0. The molecular weight excluding hydrogens is 1110 g/mol. The van der Waals surface area contributed by atoms with Crippen molar-refractivity contribution in [3.63, 3.8) is 0 Å². The molecule has 0 aliphatic rings. The predicted octanol–water partition coefficient (Wildman–Crippen LogP) is -6.89. The molecule has 0 fully saturated rings. The quantitative estimate of drug-likeness (QED) is 0.00881. The number of carboxylic acid groups (broad SMARTS) is 1. The second-order valence-corrected chi connectivity index (χ2v) is 19.2. The molecule has 4 rings (SSSR count). The molecular formula is C52H72N14O16S. The van der Waals surface area contributed by atoms with Crippen molar-refractivity contribution < 1.29 is 78.6 Å². The lowest BCUT2D eigenvalue weighted by molar-refractivity contribution is -0.143. The summed E-state index contributed by atoms with van der Waals surface area (Å²) in [5.41, 5.74) is 12.9. The number of nitrogens with one attached hydrogen (secondary N) is 11. The van der Waals surface area contributed by atoms with E-state index in [0.717, 1.165) is 16.3 Å². The molecule has 0 unspecified atom stereocenters. The summed E-state index contributed by atoms with van der Waals surface area (Å²) in [7, 11) is 0. The Balaban J connectivity index is 1.36. The van der Waals surface area contributed by atoms with Crippen molar-refractivity contribution in [3.8, 4) is 0 Å². The monoisotopic (exact) mass is 1180 g/mol. The molecule has 0 spiro atoms. The number of fused-ring (bicyclic) bond motifs is 2. The van der Waals surface area contributed by atoms with E-state index in [1.807, 2.05) is 47.8 Å². The number of carbonyl (C=O) groups is 10. The molecule has 0 saturated heterocycles. The maximum Gasteiger partial charge on any atom is 0.328 e. The molecule has 9 amide bonds. The number of amides is 9. The van der Waals surface area contributed by atoms with E-state index in [-0.39, 0.29) is 31.8 Å². The number of nitrogens with zero attached hydrogens (tertiary/aromatic N) is 1. The number of hydrogen-bond donors (Lipinski definition) is 20. The highest BCUT2D eigenvalue weighted by Crippen LogP contribution is 2.20. The van der Waals surface area contributed by atoms with Crippen LogP contribution < -0.4 is 64.6 Å². The lowest BCUT2D eigenvalue weighted by Gasteiger charge is -2.26. The molecule has 0 radical (unpaired) electrons. The second kappa shape index (κ2) is 34.1. The maximum atomic E-state index is 14.0. The van der Waals surface area contributed by atoms with Gasteiger partial charge in [0, 0.05) is 35.8 Å². The summed E-state index contributed by atoms with van der Waals surface area (Å²) in [6, 6.07) is 6.68. The third-order valence-electron chi connectivity index (χ3n) is 12.7. The summed E-state index contributed by atoms with van der Waals surface area (Å²) in [6.07, 6.45) is 1.80. The Bertz CT molecular complexity index is 2930. The molecule has 21 N–H and O–H groups in total. The van der Waals surface area contributed by atoms with E-state index < -0.39 is 159 Å². The summed E-state index contributed by atoms with van der Waals surface area (Å²) in [6.45, 7) is -3.93. The highest BCUT2D eigenvalue weighted by Gasteiger charge is 2.34. The Morgan fingerprint density at radius 2 is 1.07 bits per heavy atom. The molecule has 452 valence electrons. The fourth-order valence-corrected chi connectivity index (χ4v) is 8.30. The number of hydrogen-bond acceptors (Lipinski definition) is 18. The zero-order chi connectivity index (χ0) is 61.2. The lowest BCUT2D eigenvalue weighted by atomic mass is 10.0. The van der Waals surface area contributed by atoms with Gasteiger partial charge in [0.2, 0.25) is 53.2 Å². The number of carbonyl (C=O) groups excluding carboxylic acids is 9. The number of aromatic amines is 1. The van der Waals surface area contributed by atoms with Gasteiger partial charge in [0.1, 0.15) is 48.3 Å². The lowest BCUT2D eigenvalue weighted by Crippen LogP contribution is -2.62. The van der Waals surface area contributed by atoms with E-state index in [4.69, 9.17) is 11.5 Å². The standard InChI is InChI=1S/C52H72N14O16S/c1-27(55-16-14-28-12-13-29-7-2-3-8-30(29)17-28)43(73)61-36(21-67)44(74)58-20-42(72)59-35(18-31-19-57-33-10-5-4-9-32(31)33)46(76)62-38(23-69)48(78)63-39(24-70)49(79)66-41(26-83)50(80)64-37(22-68)47(77)60-34(11-6-15-56-52(53)54)45(75)65-40(25-71)51(81)82/h2-5,7-10,12-13,17,19,27,34-41,55,57,67-71,83H,6,11,14-16,18,20-26H2,1H3,(H,58,74)(H,59,72)(H,60,77)(H,61,73)(H,62,76)(H,63,78)(H,64,80)(H,65,75)(H,66,79)(H,81,82)(H4,53,54,56)/t27-,34-,35-,36-,37-,38-,39-,40-,41-/m0/s1. The van der Waals surface area contributed by atoms with Crippen LogP contribution >= 0.6 is 12.6 Å². The molecule has 9 atom stereocenters. The zero-order valence-corrected chi connectivity index (χ0v) is 46.0. The van der Waals surface area contributed by atoms with E-state index in [1.54, 1.807) is 37.4 Å². The van der Waals surface area contributed by atoms with E-state index in [2.05, 4.69) is 70.5 Å². The first-order chi connectivity index (χ1) is 39.7. The number of aromatic nitrogens is 1. The first-order valence-corrected chi connectivity index (χ1v) is 26.7. The van der Waals surface area contributed by atoms with E-state index in [1.165, 1.54) is 0 Å². The summed E-state index contributed by atoms with van der Waals surface area (Å²) < 4.78 is 0. The smallest absolute Gasteiger partial charge is 0.328 e. The minimum absolute atomic E-state index is 0.0255. The Hall–Kier alpha value is -8.46. The molecule has 3 aromatic carbocycles. The first kappa shape index (κ1) is 67.0. The molecule has 0 bridgehead atoms. The number of aliphatic hydroxyl groups is 5. The van der Waals surface area contributed by atoms with Crippen LogP contribution in [0.5, 0.6) is 0 Å². The van der Waals surface area contributed by atoms with Crippen LogP contribution in [-0.2, 0) is 60.8 Å². The van der Waals surface area contributed by atoms with Crippen LogP contribution in [0.2, 0.25) is 0 Å². The highest BCUT2D eigenvalue weighted by molar-refractivity contribution is 7.80. The predicted molar refractivity (Wildman–Crippen MR) is 302 cm³/mol. The van der Waals surface area contributed by atoms with Gasteiger partial charge < -0.3 is 100 Å². The molecule has 4 aromatic rings. The number of thiol groups is 1. The number of aliphatic carboxylic acids is 1. The SMILES string of the molecule is C[C@H](NCCc1ccc2ccccc2c1)C(=O)N[C@@H](CO)C(=O)NCC(=O)N[C@@H](Cc1c[nH]c2ccccc12)C(=O)N[C@@H](CO)C(=O)N[C@@H](CO)C(=O)N[C@@H](CS)C(=O)N[C@@H](CO)C(=O)N[C@@H](CCCN=C(N)N)C(=O)N[C@@H](CO)C(=O)O. The average molecular weight is 1180 g/mol. The molecule has 31 heteroatoms. The first-order valence-electron chi connectivity index (χ1n) is 26.1. The van der Waals surface area contributed by atoms with Gasteiger partial charge in [-0.25, -0.2) is 4.79 Å². The van der Waals surface area contributed by atoms with Crippen molar-refractivity contribution >= 4 is 99.4 Å². The van der Waals surface area contributed by atoms with Gasteiger partial charge in [0.15, 0.2) is 5.96 Å². The molecule has 0 aliphatic heterocycles. The van der Waals surface area contributed by atoms with Crippen LogP contribution in [0, 0.1) is 0 Å². The minimum Gasteiger partial charge on any atom is -0.480 e. The van der Waals surface area contributed by atoms with Gasteiger partial charge in [-0.3, -0.25) is 48.1 Å². The normalized spacial score (nSPS) is 14.3. The molecule has 83 heavy (non-hydrogen) atoms. The van der Waals surface area contributed by atoms with Crippen LogP contribution in [0.4, 0.5) is 0 Å². The van der Waals surface area contributed by atoms with Crippen molar-refractivity contribution in [2.24, 2.45) is 16.5 Å². The Morgan fingerprint density at radius 1 is 0.578 bits per heavy atom. The fraction of sp³-hybridized carbons (Fsp3) is 0.442. The fourth-order valence-electron chi connectivity index (χ4n) is 8.04. The summed E-state index contributed by atoms with van der Waals surface area (Å²) in [4.78, 5) is 138. The number of aliphatic hydroxyl groups excluding tert-OH is 5. The summed E-state index contributed by atoms with van der Waals surface area (Å²) >= 11 is 4.06. The number of carboxylic acids is 1. The third-order valence-corrected chi connectivity index (χ3v) is 13.1. The van der Waals surface area contributed by atoms with Crippen molar-refractivity contribution in [3.05, 3.63) is 84.1 Å². The van der Waals surface area contributed by atoms with Crippen LogP contribution in [0.1, 0.15) is 30.9 Å². The largest absolute Gasteiger partial charge is 0.480 e. The number of benzene rings is 3. The minimum atomic E-state index is -1.87. The van der Waals surface area contributed by atoms with Gasteiger partial charge in [-0.05, 0) is 60.7 Å². The van der Waals surface area contributed by atoms with Gasteiger partial charge in [-0.15, -0.1) is 0 Å². The summed E-state index contributed by atoms with van der Waals surface area (Å²) in [5.74, 6) is -11.7. The van der Waals surface area contributed by atoms with E-state index >= 15 is 0 Å². The number of aliphatic imine (C=N–C) groups is 1. The number of rotatable bonds is 35. The summed E-state index contributed by atoms with van der Waals surface area (Å²) in [5, 5.41) is 85.4. The Labute approximate surface area is 480 Å². The van der Waals surface area contributed by atoms with Crippen LogP contribution in [0.15, 0.2) is 77.9 Å². The van der Waals surface area contributed by atoms with Gasteiger partial charge >= 0.3 is 5.97 Å². The van der Waals surface area contributed by atoms with Gasteiger partial charge in [-0.2, -0.15) is 12.6 Å². The number of para-hydroxylation sites is 1. The van der Waals surface area contributed by atoms with Gasteiger partial charge in [0.05, 0.1) is 45.6 Å². The van der Waals surface area contributed by atoms with Gasteiger partial charge in [-0.1, -0.05) is 60.7 Å². The molecule has 0 saturated carbocycles. The third kappa shape index (κ3) is 21.1. The Kier molecular flexibility index (Phi) is 27.5. The molecule has 0 aliphatic carbocycles. The number of H-pyrrole nitrogens is 1. The topological polar surface area (TPSA) is 493 Å². The molecule has 1 heterocycles. The van der Waals surface area contributed by atoms with Crippen LogP contribution in [-0.4, -0.2) is 214 Å². The number of nitrogens with two attached hydrogens (primary N) is 2. The van der Waals surface area contributed by atoms with Crippen LogP contribution in [0.3, 0.4) is 0 Å². The van der Waals surface area contributed by atoms with Crippen molar-refractivity contribution in [1.82, 2.24) is 58.2 Å². The van der Waals surface area contributed by atoms with Gasteiger partial charge in [0.25, 0.3) is 0 Å². The van der Waals surface area contributed by atoms with Crippen molar-refractivity contribution in [2.45, 2.75) is 87.0 Å². The van der Waals surface area contributed by atoms with Crippen LogP contribution in [0.25, 0.3) is 21.7 Å². The van der Waals surface area contributed by atoms with Crippen molar-refractivity contribution in [2.75, 3.05) is 58.4 Å². The zero-order valence-electron chi connectivity index (χ0n) is 45.1. The second-order valence-electron chi connectivity index (χ2n) is 18.8. The van der Waals surface area contributed by atoms with E-state index in [0.29, 0.717) is 29.4 Å². The molecule has 30 nitrogen and oxygen atoms in total. The van der Waals surface area contributed by atoms with Crippen molar-refractivity contribution in [1.29, 1.82) is 0 Å². The number of guanidine groups is 1. The van der Waals surface area contributed by atoms with E-state index in [9.17, 15) is 78.6 Å². The Morgan fingerprint density at radius 3 is 1.65 bits per heavy atom. The highest BCUT2D eigenvalue weighted by atomic mass is 32.1. The molecule has 1 aromatic heterocycles. The average Bonchev–Trinajstić information content (AvgIpc) is 4.03.